The summed E-state index contributed by atoms with van der Waals surface area (Å²) in [5, 5.41) is 0. The minimum absolute atomic E-state index is 0.210. The van der Waals surface area contributed by atoms with Gasteiger partial charge in [-0.25, -0.2) is 9.69 Å². The average Bonchev–Trinajstić information content (AvgIpc) is 2.74. The second-order valence-corrected chi connectivity index (χ2v) is 3.16. The molecular weight excluding hydrogens is 212 g/mol. The second-order valence-electron chi connectivity index (χ2n) is 3.16. The van der Waals surface area contributed by atoms with Gasteiger partial charge in [0.25, 0.3) is 0 Å². The Morgan fingerprint density at radius 3 is 2.81 bits per heavy atom. The number of anilines is 1. The molecule has 2 heterocycles. The van der Waals surface area contributed by atoms with Crippen molar-refractivity contribution >= 4 is 12.0 Å². The molecule has 1 aliphatic heterocycles. The summed E-state index contributed by atoms with van der Waals surface area (Å²) in [7, 11) is 1.47. The molecule has 0 N–H and O–H groups in total. The zero-order valence-electron chi connectivity index (χ0n) is 9.13. The van der Waals surface area contributed by atoms with Gasteiger partial charge in [0.15, 0.2) is 0 Å². The molecule has 0 saturated carbocycles. The van der Waals surface area contributed by atoms with Crippen LogP contribution in [0.25, 0.3) is 0 Å². The number of amides is 1. The quantitative estimate of drug-likeness (QED) is 0.739. The van der Waals surface area contributed by atoms with Gasteiger partial charge in [-0.05, 0) is 0 Å². The van der Waals surface area contributed by atoms with Crippen molar-refractivity contribution in [3.05, 3.63) is 5.82 Å². The molecule has 1 fully saturated rings. The van der Waals surface area contributed by atoms with Crippen LogP contribution in [0.5, 0.6) is 6.01 Å². The van der Waals surface area contributed by atoms with Gasteiger partial charge in [-0.2, -0.15) is 15.0 Å². The van der Waals surface area contributed by atoms with Crippen LogP contribution in [0.4, 0.5) is 10.7 Å². The van der Waals surface area contributed by atoms with E-state index in [1.165, 1.54) is 12.0 Å². The Bertz CT molecular complexity index is 387. The number of carbonyl (C=O) groups excluding carboxylic acids is 1. The van der Waals surface area contributed by atoms with E-state index < -0.39 is 6.09 Å². The highest BCUT2D eigenvalue weighted by molar-refractivity contribution is 5.87. The van der Waals surface area contributed by atoms with Gasteiger partial charge in [-0.15, -0.1) is 0 Å². The van der Waals surface area contributed by atoms with Crippen LogP contribution < -0.4 is 9.64 Å². The van der Waals surface area contributed by atoms with Crippen molar-refractivity contribution in [2.75, 3.05) is 25.2 Å². The number of ether oxygens (including phenoxy) is 2. The van der Waals surface area contributed by atoms with Crippen LogP contribution in [0.2, 0.25) is 0 Å². The monoisotopic (exact) mass is 224 g/mol. The molecule has 7 nitrogen and oxygen atoms in total. The van der Waals surface area contributed by atoms with Crippen molar-refractivity contribution in [1.82, 2.24) is 15.0 Å². The molecule has 0 unspecified atom stereocenters. The smallest absolute Gasteiger partial charge is 0.416 e. The first kappa shape index (κ1) is 10.6. The summed E-state index contributed by atoms with van der Waals surface area (Å²) in [6, 6.07) is 0.210. The van der Waals surface area contributed by atoms with Crippen molar-refractivity contribution in [2.24, 2.45) is 0 Å². The molecule has 0 atom stereocenters. The normalized spacial score (nSPS) is 15.1. The molecule has 86 valence electrons. The molecule has 0 radical (unpaired) electrons. The third-order valence-corrected chi connectivity index (χ3v) is 2.15. The van der Waals surface area contributed by atoms with Crippen LogP contribution in [-0.2, 0) is 11.2 Å². The Morgan fingerprint density at radius 1 is 1.44 bits per heavy atom. The van der Waals surface area contributed by atoms with Crippen LogP contribution >= 0.6 is 0 Å². The van der Waals surface area contributed by atoms with Crippen molar-refractivity contribution in [3.63, 3.8) is 0 Å². The SMILES string of the molecule is CCc1nc(OC)nc(N2CCOC2=O)n1. The Hall–Kier alpha value is -1.92. The van der Waals surface area contributed by atoms with Gasteiger partial charge >= 0.3 is 12.1 Å². The second kappa shape index (κ2) is 4.30. The molecule has 0 aliphatic carbocycles. The van der Waals surface area contributed by atoms with Gasteiger partial charge in [0, 0.05) is 6.42 Å². The van der Waals surface area contributed by atoms with Gasteiger partial charge < -0.3 is 9.47 Å². The third kappa shape index (κ3) is 1.88. The van der Waals surface area contributed by atoms with E-state index in [1.54, 1.807) is 0 Å². The Labute approximate surface area is 92.4 Å². The van der Waals surface area contributed by atoms with E-state index in [-0.39, 0.29) is 12.0 Å². The van der Waals surface area contributed by atoms with Crippen LogP contribution in [0.1, 0.15) is 12.7 Å². The maximum absolute atomic E-state index is 11.3. The van der Waals surface area contributed by atoms with E-state index in [0.717, 1.165) is 0 Å². The van der Waals surface area contributed by atoms with Gasteiger partial charge in [0.05, 0.1) is 13.7 Å². The Morgan fingerprint density at radius 2 is 2.25 bits per heavy atom. The summed E-state index contributed by atoms with van der Waals surface area (Å²) in [5.74, 6) is 0.868. The number of aromatic nitrogens is 3. The molecule has 0 bridgehead atoms. The van der Waals surface area contributed by atoms with E-state index in [1.807, 2.05) is 6.92 Å². The molecule has 7 heteroatoms. The van der Waals surface area contributed by atoms with E-state index in [9.17, 15) is 4.79 Å². The van der Waals surface area contributed by atoms with Crippen LogP contribution in [-0.4, -0.2) is 41.3 Å². The van der Waals surface area contributed by atoms with Gasteiger partial charge in [0.1, 0.15) is 12.4 Å². The first-order valence-electron chi connectivity index (χ1n) is 4.98. The average molecular weight is 224 g/mol. The van der Waals surface area contributed by atoms with E-state index in [4.69, 9.17) is 9.47 Å². The van der Waals surface area contributed by atoms with Crippen LogP contribution in [0, 0.1) is 0 Å². The standard InChI is InChI=1S/C9H12N4O3/c1-3-6-10-7(12-8(11-6)15-2)13-4-5-16-9(13)14/h3-5H2,1-2H3. The van der Waals surface area contributed by atoms with Gasteiger partial charge in [-0.3, -0.25) is 0 Å². The van der Waals surface area contributed by atoms with Crippen LogP contribution in [0.3, 0.4) is 0 Å². The Balaban J connectivity index is 2.35. The topological polar surface area (TPSA) is 77.4 Å². The highest BCUT2D eigenvalue weighted by atomic mass is 16.6. The van der Waals surface area contributed by atoms with Gasteiger partial charge in [0.2, 0.25) is 5.95 Å². The highest BCUT2D eigenvalue weighted by Gasteiger charge is 2.27. The van der Waals surface area contributed by atoms with Crippen LogP contribution in [0.15, 0.2) is 0 Å². The molecular formula is C9H12N4O3. The maximum atomic E-state index is 11.3. The summed E-state index contributed by atoms with van der Waals surface area (Å²) >= 11 is 0. The summed E-state index contributed by atoms with van der Waals surface area (Å²) < 4.78 is 9.76. The number of hydrogen-bond acceptors (Lipinski definition) is 6. The first-order chi connectivity index (χ1) is 7.74. The minimum atomic E-state index is -0.435. The zero-order valence-corrected chi connectivity index (χ0v) is 9.13. The summed E-state index contributed by atoms with van der Waals surface area (Å²) in [6.45, 7) is 2.73. The fourth-order valence-corrected chi connectivity index (χ4v) is 1.33. The molecule has 1 aromatic rings. The number of cyclic esters (lactones) is 1. The van der Waals surface area contributed by atoms with Crippen molar-refractivity contribution < 1.29 is 14.3 Å². The zero-order chi connectivity index (χ0) is 11.5. The summed E-state index contributed by atoms with van der Waals surface area (Å²) in [4.78, 5) is 24.9. The lowest BCUT2D eigenvalue weighted by molar-refractivity contribution is 0.181. The molecule has 1 aromatic heterocycles. The van der Waals surface area contributed by atoms with Crippen molar-refractivity contribution in [1.29, 1.82) is 0 Å². The summed E-state index contributed by atoms with van der Waals surface area (Å²) in [5.41, 5.74) is 0. The number of carbonyl (C=O) groups is 1. The van der Waals surface area contributed by atoms with E-state index in [2.05, 4.69) is 15.0 Å². The van der Waals surface area contributed by atoms with Gasteiger partial charge in [-0.1, -0.05) is 6.92 Å². The number of hydrogen-bond donors (Lipinski definition) is 0. The third-order valence-electron chi connectivity index (χ3n) is 2.15. The fourth-order valence-electron chi connectivity index (χ4n) is 1.33. The number of aryl methyl sites for hydroxylation is 1. The number of rotatable bonds is 3. The predicted molar refractivity (Wildman–Crippen MR) is 54.5 cm³/mol. The minimum Gasteiger partial charge on any atom is -0.467 e. The molecule has 2 rings (SSSR count). The molecule has 0 spiro atoms. The lowest BCUT2D eigenvalue weighted by Gasteiger charge is -2.11. The lowest BCUT2D eigenvalue weighted by atomic mass is 10.4. The maximum Gasteiger partial charge on any atom is 0.416 e. The summed E-state index contributed by atoms with van der Waals surface area (Å²) in [6.07, 6.45) is 0.213. The molecule has 1 aliphatic rings. The van der Waals surface area contributed by atoms with E-state index >= 15 is 0 Å². The molecule has 16 heavy (non-hydrogen) atoms. The van der Waals surface area contributed by atoms with Crippen molar-refractivity contribution in [2.45, 2.75) is 13.3 Å². The predicted octanol–water partition coefficient (Wildman–Crippen LogP) is 0.399. The highest BCUT2D eigenvalue weighted by Crippen LogP contribution is 2.16. The first-order valence-corrected chi connectivity index (χ1v) is 4.98. The largest absolute Gasteiger partial charge is 0.467 e. The fraction of sp³-hybridized carbons (Fsp3) is 0.556. The number of methoxy groups -OCH3 is 1. The van der Waals surface area contributed by atoms with E-state index in [0.29, 0.717) is 25.4 Å². The number of nitrogens with zero attached hydrogens (tertiary/aromatic N) is 4. The molecule has 1 saturated heterocycles. The molecule has 1 amide bonds. The Kier molecular flexibility index (Phi) is 2.84. The lowest BCUT2D eigenvalue weighted by Crippen LogP contribution is -2.26. The van der Waals surface area contributed by atoms with Crippen molar-refractivity contribution in [3.8, 4) is 6.01 Å². The molecule has 0 aromatic carbocycles.